The number of aliphatic hydroxyl groups excluding tert-OH is 1. The van der Waals surface area contributed by atoms with Crippen LogP contribution >= 0.6 is 0 Å². The molecule has 1 aliphatic heterocycles. The van der Waals surface area contributed by atoms with Crippen LogP contribution in [0.2, 0.25) is 0 Å². The Bertz CT molecular complexity index is 274. The summed E-state index contributed by atoms with van der Waals surface area (Å²) >= 11 is 0. The van der Waals surface area contributed by atoms with Gasteiger partial charge in [-0.1, -0.05) is 33.1 Å². The number of likely N-dealkylation sites (N-methyl/N-ethyl adjacent to an activating group) is 1. The fourth-order valence-electron chi connectivity index (χ4n) is 4.18. The Kier molecular flexibility index (Phi) is 5.27. The third-order valence-electron chi connectivity index (χ3n) is 4.81. The molecule has 2 aliphatic rings. The standard InChI is InChI=1S/C16H32N2O/c1-16(2)12-17(3)11-15(9-10-19)18(13-16)14-7-5-4-6-8-14/h14-15,19H,4-13H2,1-3H3. The first-order chi connectivity index (χ1) is 9.02. The Hall–Kier alpha value is -0.120. The molecule has 1 N–H and O–H groups in total. The van der Waals surface area contributed by atoms with E-state index in [-0.39, 0.29) is 0 Å². The number of nitrogens with zero attached hydrogens (tertiary/aromatic N) is 2. The van der Waals surface area contributed by atoms with Gasteiger partial charge in [-0.05, 0) is 31.7 Å². The summed E-state index contributed by atoms with van der Waals surface area (Å²) in [6.45, 7) is 8.56. The topological polar surface area (TPSA) is 26.7 Å². The molecule has 2 rings (SSSR count). The van der Waals surface area contributed by atoms with E-state index in [9.17, 15) is 5.11 Å². The Morgan fingerprint density at radius 1 is 1.11 bits per heavy atom. The molecule has 0 aromatic carbocycles. The third kappa shape index (κ3) is 4.17. The first-order valence-electron chi connectivity index (χ1n) is 8.07. The molecule has 3 heteroatoms. The zero-order valence-corrected chi connectivity index (χ0v) is 13.1. The molecule has 1 aliphatic carbocycles. The monoisotopic (exact) mass is 268 g/mol. The lowest BCUT2D eigenvalue weighted by Crippen LogP contribution is -2.49. The van der Waals surface area contributed by atoms with E-state index in [1.807, 2.05) is 0 Å². The second kappa shape index (κ2) is 6.55. The smallest absolute Gasteiger partial charge is 0.0446 e. The maximum atomic E-state index is 9.40. The highest BCUT2D eigenvalue weighted by Gasteiger charge is 2.36. The molecule has 0 amide bonds. The summed E-state index contributed by atoms with van der Waals surface area (Å²) in [6, 6.07) is 1.30. The normalized spacial score (nSPS) is 31.3. The molecule has 0 aromatic rings. The predicted molar refractivity (Wildman–Crippen MR) is 80.3 cm³/mol. The maximum Gasteiger partial charge on any atom is 0.0446 e. The second-order valence-electron chi connectivity index (χ2n) is 7.49. The molecule has 3 nitrogen and oxygen atoms in total. The van der Waals surface area contributed by atoms with Gasteiger partial charge in [0.2, 0.25) is 0 Å². The number of hydrogen-bond donors (Lipinski definition) is 1. The minimum atomic E-state index is 0.322. The Labute approximate surface area is 119 Å². The Morgan fingerprint density at radius 3 is 2.42 bits per heavy atom. The molecule has 1 saturated heterocycles. The van der Waals surface area contributed by atoms with Crippen molar-refractivity contribution in [1.82, 2.24) is 9.80 Å². The molecule has 112 valence electrons. The number of hydrogen-bond acceptors (Lipinski definition) is 3. The van der Waals surface area contributed by atoms with Crippen LogP contribution in [0.1, 0.15) is 52.4 Å². The average Bonchev–Trinajstić information content (AvgIpc) is 2.46. The maximum absolute atomic E-state index is 9.40. The van der Waals surface area contributed by atoms with Crippen molar-refractivity contribution in [3.63, 3.8) is 0 Å². The summed E-state index contributed by atoms with van der Waals surface area (Å²) in [5.41, 5.74) is 0.358. The Balaban J connectivity index is 2.12. The molecule has 0 spiro atoms. The van der Waals surface area contributed by atoms with Crippen molar-refractivity contribution >= 4 is 0 Å². The lowest BCUT2D eigenvalue weighted by molar-refractivity contribution is 0.0666. The molecule has 0 aromatic heterocycles. The average molecular weight is 268 g/mol. The minimum Gasteiger partial charge on any atom is -0.396 e. The highest BCUT2D eigenvalue weighted by molar-refractivity contribution is 4.91. The third-order valence-corrected chi connectivity index (χ3v) is 4.81. The van der Waals surface area contributed by atoms with Crippen molar-refractivity contribution in [2.45, 2.75) is 64.5 Å². The molecule has 19 heavy (non-hydrogen) atoms. The van der Waals surface area contributed by atoms with Crippen molar-refractivity contribution in [2.75, 3.05) is 33.3 Å². The summed E-state index contributed by atoms with van der Waals surface area (Å²) in [5.74, 6) is 0. The van der Waals surface area contributed by atoms with Crippen LogP contribution in [-0.2, 0) is 0 Å². The van der Waals surface area contributed by atoms with Crippen LogP contribution in [0.3, 0.4) is 0 Å². The molecule has 0 bridgehead atoms. The van der Waals surface area contributed by atoms with Gasteiger partial charge in [-0.15, -0.1) is 0 Å². The van der Waals surface area contributed by atoms with Gasteiger partial charge in [0.05, 0.1) is 0 Å². The van der Waals surface area contributed by atoms with Crippen LogP contribution in [0.15, 0.2) is 0 Å². The molecule has 2 fully saturated rings. The van der Waals surface area contributed by atoms with Crippen LogP contribution in [-0.4, -0.2) is 60.3 Å². The first-order valence-corrected chi connectivity index (χ1v) is 8.07. The van der Waals surface area contributed by atoms with Gasteiger partial charge < -0.3 is 10.0 Å². The quantitative estimate of drug-likeness (QED) is 0.851. The van der Waals surface area contributed by atoms with E-state index in [0.29, 0.717) is 18.1 Å². The van der Waals surface area contributed by atoms with Crippen LogP contribution in [0.5, 0.6) is 0 Å². The van der Waals surface area contributed by atoms with Gasteiger partial charge in [0.25, 0.3) is 0 Å². The van der Waals surface area contributed by atoms with E-state index in [1.54, 1.807) is 0 Å². The molecule has 0 radical (unpaired) electrons. The minimum absolute atomic E-state index is 0.322. The molecule has 1 heterocycles. The summed E-state index contributed by atoms with van der Waals surface area (Å²) in [5, 5.41) is 9.40. The summed E-state index contributed by atoms with van der Waals surface area (Å²) in [4.78, 5) is 5.21. The molecule has 1 atom stereocenters. The summed E-state index contributed by atoms with van der Waals surface area (Å²) in [6.07, 6.45) is 7.85. The van der Waals surface area contributed by atoms with Crippen LogP contribution in [0.25, 0.3) is 0 Å². The van der Waals surface area contributed by atoms with E-state index in [1.165, 1.54) is 38.6 Å². The van der Waals surface area contributed by atoms with Gasteiger partial charge in [-0.25, -0.2) is 0 Å². The SMILES string of the molecule is CN1CC(CCO)N(C2CCCCC2)CC(C)(C)C1. The zero-order valence-electron chi connectivity index (χ0n) is 13.1. The second-order valence-corrected chi connectivity index (χ2v) is 7.49. The van der Waals surface area contributed by atoms with E-state index in [4.69, 9.17) is 0 Å². The highest BCUT2D eigenvalue weighted by atomic mass is 16.3. The number of aliphatic hydroxyl groups is 1. The first kappa shape index (κ1) is 15.3. The number of rotatable bonds is 3. The zero-order chi connectivity index (χ0) is 13.9. The van der Waals surface area contributed by atoms with Gasteiger partial charge >= 0.3 is 0 Å². The highest BCUT2D eigenvalue weighted by Crippen LogP contribution is 2.31. The van der Waals surface area contributed by atoms with Crippen molar-refractivity contribution in [2.24, 2.45) is 5.41 Å². The van der Waals surface area contributed by atoms with Crippen molar-refractivity contribution in [3.05, 3.63) is 0 Å². The lowest BCUT2D eigenvalue weighted by Gasteiger charge is -2.41. The van der Waals surface area contributed by atoms with Crippen molar-refractivity contribution < 1.29 is 5.11 Å². The summed E-state index contributed by atoms with van der Waals surface area (Å²) in [7, 11) is 2.23. The molecule has 1 saturated carbocycles. The molecule has 1 unspecified atom stereocenters. The van der Waals surface area contributed by atoms with Crippen LogP contribution in [0.4, 0.5) is 0 Å². The Morgan fingerprint density at radius 2 is 1.79 bits per heavy atom. The van der Waals surface area contributed by atoms with Gasteiger partial charge in [0, 0.05) is 38.3 Å². The van der Waals surface area contributed by atoms with Crippen molar-refractivity contribution in [3.8, 4) is 0 Å². The molecular weight excluding hydrogens is 236 g/mol. The van der Waals surface area contributed by atoms with Gasteiger partial charge in [-0.2, -0.15) is 0 Å². The van der Waals surface area contributed by atoms with Crippen LogP contribution < -0.4 is 0 Å². The van der Waals surface area contributed by atoms with E-state index in [2.05, 4.69) is 30.7 Å². The van der Waals surface area contributed by atoms with Gasteiger partial charge in [-0.3, -0.25) is 4.90 Å². The van der Waals surface area contributed by atoms with E-state index < -0.39 is 0 Å². The van der Waals surface area contributed by atoms with E-state index in [0.717, 1.165) is 25.6 Å². The predicted octanol–water partition coefficient (Wildman–Crippen LogP) is 2.34. The fourth-order valence-corrected chi connectivity index (χ4v) is 4.18. The largest absolute Gasteiger partial charge is 0.396 e. The fraction of sp³-hybridized carbons (Fsp3) is 1.00. The summed E-state index contributed by atoms with van der Waals surface area (Å²) < 4.78 is 0. The van der Waals surface area contributed by atoms with Gasteiger partial charge in [0.1, 0.15) is 0 Å². The van der Waals surface area contributed by atoms with Gasteiger partial charge in [0.15, 0.2) is 0 Å². The lowest BCUT2D eigenvalue weighted by atomic mass is 9.88. The molecular formula is C16H32N2O. The van der Waals surface area contributed by atoms with Crippen LogP contribution in [0, 0.1) is 5.41 Å². The van der Waals surface area contributed by atoms with E-state index >= 15 is 0 Å². The van der Waals surface area contributed by atoms with Crippen molar-refractivity contribution in [1.29, 1.82) is 0 Å².